The lowest BCUT2D eigenvalue weighted by Gasteiger charge is -2.28. The van der Waals surface area contributed by atoms with Gasteiger partial charge in [0.15, 0.2) is 0 Å². The van der Waals surface area contributed by atoms with Gasteiger partial charge in [-0.3, -0.25) is 0 Å². The minimum Gasteiger partial charge on any atom is -0.379 e. The second kappa shape index (κ2) is 10.5. The van der Waals surface area contributed by atoms with Crippen LogP contribution in [0.25, 0.3) is 0 Å². The average Bonchev–Trinajstić information content (AvgIpc) is 2.62. The summed E-state index contributed by atoms with van der Waals surface area (Å²) >= 11 is 0. The molecule has 0 atom stereocenters. The second-order valence-corrected chi connectivity index (χ2v) is 6.30. The molecule has 22 heavy (non-hydrogen) atoms. The van der Waals surface area contributed by atoms with Gasteiger partial charge < -0.3 is 9.64 Å². The van der Waals surface area contributed by atoms with Crippen LogP contribution in [-0.4, -0.2) is 36.3 Å². The Morgan fingerprint density at radius 2 is 1.64 bits per heavy atom. The van der Waals surface area contributed by atoms with Crippen LogP contribution in [-0.2, 0) is 4.74 Å². The maximum absolute atomic E-state index is 5.62. The van der Waals surface area contributed by atoms with E-state index in [-0.39, 0.29) is 5.41 Å². The SMILES string of the molecule is CC.CCC.Cc1cc(C)nc(N2CCOCC(C)(C)C2)n1. The molecule has 0 amide bonds. The molecule has 2 rings (SSSR count). The van der Waals surface area contributed by atoms with Crippen molar-refractivity contribution in [1.82, 2.24) is 9.97 Å². The fraction of sp³-hybridized carbons (Fsp3) is 0.778. The molecule has 0 spiro atoms. The molecule has 0 unspecified atom stereocenters. The second-order valence-electron chi connectivity index (χ2n) is 6.30. The van der Waals surface area contributed by atoms with E-state index in [9.17, 15) is 0 Å². The molecule has 0 aliphatic carbocycles. The van der Waals surface area contributed by atoms with Crippen LogP contribution in [0.1, 0.15) is 59.4 Å². The molecular formula is C18H35N3O. The van der Waals surface area contributed by atoms with Gasteiger partial charge in [-0.1, -0.05) is 48.0 Å². The van der Waals surface area contributed by atoms with Crippen LogP contribution in [0.3, 0.4) is 0 Å². The van der Waals surface area contributed by atoms with Gasteiger partial charge in [-0.25, -0.2) is 9.97 Å². The zero-order valence-corrected chi connectivity index (χ0v) is 15.9. The third-order valence-corrected chi connectivity index (χ3v) is 2.87. The molecule has 0 N–H and O–H groups in total. The number of anilines is 1. The first-order valence-corrected chi connectivity index (χ1v) is 8.53. The highest BCUT2D eigenvalue weighted by Gasteiger charge is 2.26. The molecule has 2 heterocycles. The van der Waals surface area contributed by atoms with E-state index in [0.717, 1.165) is 43.6 Å². The van der Waals surface area contributed by atoms with E-state index >= 15 is 0 Å². The smallest absolute Gasteiger partial charge is 0.225 e. The minimum atomic E-state index is 0.150. The summed E-state index contributed by atoms with van der Waals surface area (Å²) in [6.45, 7) is 20.1. The molecule has 1 aliphatic heterocycles. The maximum atomic E-state index is 5.62. The summed E-state index contributed by atoms with van der Waals surface area (Å²) in [6.07, 6.45) is 1.25. The fourth-order valence-corrected chi connectivity index (χ4v) is 2.18. The predicted molar refractivity (Wildman–Crippen MR) is 95.6 cm³/mol. The lowest BCUT2D eigenvalue weighted by Crippen LogP contribution is -2.35. The van der Waals surface area contributed by atoms with Gasteiger partial charge in [-0.15, -0.1) is 0 Å². The average molecular weight is 309 g/mol. The van der Waals surface area contributed by atoms with E-state index < -0.39 is 0 Å². The lowest BCUT2D eigenvalue weighted by molar-refractivity contribution is 0.0893. The zero-order chi connectivity index (χ0) is 17.2. The van der Waals surface area contributed by atoms with Crippen LogP contribution in [0.15, 0.2) is 6.07 Å². The number of ether oxygens (including phenoxy) is 1. The molecule has 0 saturated carbocycles. The third-order valence-electron chi connectivity index (χ3n) is 2.87. The molecular weight excluding hydrogens is 274 g/mol. The van der Waals surface area contributed by atoms with Gasteiger partial charge in [-0.2, -0.15) is 0 Å². The Hall–Kier alpha value is -1.16. The Balaban J connectivity index is 0.000000789. The highest BCUT2D eigenvalue weighted by molar-refractivity contribution is 5.32. The summed E-state index contributed by atoms with van der Waals surface area (Å²) in [7, 11) is 0. The van der Waals surface area contributed by atoms with Crippen LogP contribution in [0.4, 0.5) is 5.95 Å². The summed E-state index contributed by atoms with van der Waals surface area (Å²) in [4.78, 5) is 11.3. The summed E-state index contributed by atoms with van der Waals surface area (Å²) in [5.74, 6) is 0.834. The molecule has 0 aromatic carbocycles. The first-order valence-electron chi connectivity index (χ1n) is 8.53. The van der Waals surface area contributed by atoms with Gasteiger partial charge in [0.1, 0.15) is 0 Å². The molecule has 1 saturated heterocycles. The van der Waals surface area contributed by atoms with Crippen LogP contribution >= 0.6 is 0 Å². The minimum absolute atomic E-state index is 0.150. The standard InChI is InChI=1S/C13H21N3O.C3H8.C2H6/c1-10-7-11(2)15-12(14-10)16-5-6-17-9-13(3,4)8-16;1-3-2;1-2/h7H,5-6,8-9H2,1-4H3;3H2,1-2H3;1-2H3. The molecule has 0 bridgehead atoms. The largest absolute Gasteiger partial charge is 0.379 e. The van der Waals surface area contributed by atoms with E-state index in [4.69, 9.17) is 4.74 Å². The number of hydrogen-bond donors (Lipinski definition) is 0. The fourth-order valence-electron chi connectivity index (χ4n) is 2.18. The summed E-state index contributed by atoms with van der Waals surface area (Å²) in [5, 5.41) is 0. The quantitative estimate of drug-likeness (QED) is 0.770. The topological polar surface area (TPSA) is 38.2 Å². The lowest BCUT2D eigenvalue weighted by atomic mass is 9.94. The monoisotopic (exact) mass is 309 g/mol. The zero-order valence-electron chi connectivity index (χ0n) is 15.9. The Kier molecular flexibility index (Phi) is 9.99. The number of aryl methyl sites for hydroxylation is 2. The van der Waals surface area contributed by atoms with E-state index in [1.165, 1.54) is 6.42 Å². The molecule has 0 radical (unpaired) electrons. The molecule has 1 fully saturated rings. The van der Waals surface area contributed by atoms with Crippen molar-refractivity contribution < 1.29 is 4.74 Å². The first kappa shape index (κ1) is 20.8. The van der Waals surface area contributed by atoms with Gasteiger partial charge in [0.25, 0.3) is 0 Å². The van der Waals surface area contributed by atoms with Crippen molar-refractivity contribution in [2.75, 3.05) is 31.2 Å². The highest BCUT2D eigenvalue weighted by Crippen LogP contribution is 2.23. The summed E-state index contributed by atoms with van der Waals surface area (Å²) in [6, 6.07) is 2.00. The number of aromatic nitrogens is 2. The Morgan fingerprint density at radius 1 is 1.14 bits per heavy atom. The molecule has 1 aromatic heterocycles. The van der Waals surface area contributed by atoms with E-state index in [0.29, 0.717) is 0 Å². The normalized spacial score (nSPS) is 16.6. The first-order chi connectivity index (χ1) is 10.4. The Labute approximate surface area is 137 Å². The van der Waals surface area contributed by atoms with E-state index in [2.05, 4.69) is 42.6 Å². The van der Waals surface area contributed by atoms with Crippen LogP contribution in [0, 0.1) is 19.3 Å². The molecule has 1 aliphatic rings. The van der Waals surface area contributed by atoms with Gasteiger partial charge in [0.2, 0.25) is 5.95 Å². The summed E-state index contributed by atoms with van der Waals surface area (Å²) < 4.78 is 5.62. The third kappa shape index (κ3) is 7.74. The molecule has 4 nitrogen and oxygen atoms in total. The Bertz CT molecular complexity index is 399. The van der Waals surface area contributed by atoms with Crippen LogP contribution in [0.5, 0.6) is 0 Å². The van der Waals surface area contributed by atoms with E-state index in [1.807, 2.05) is 33.8 Å². The van der Waals surface area contributed by atoms with Gasteiger partial charge in [0, 0.05) is 29.9 Å². The highest BCUT2D eigenvalue weighted by atomic mass is 16.5. The van der Waals surface area contributed by atoms with Crippen molar-refractivity contribution in [3.05, 3.63) is 17.5 Å². The van der Waals surface area contributed by atoms with Crippen LogP contribution < -0.4 is 4.90 Å². The van der Waals surface area contributed by atoms with Gasteiger partial charge in [0.05, 0.1) is 13.2 Å². The van der Waals surface area contributed by atoms with Crippen molar-refractivity contribution in [2.45, 2.75) is 61.8 Å². The number of rotatable bonds is 1. The van der Waals surface area contributed by atoms with E-state index in [1.54, 1.807) is 0 Å². The van der Waals surface area contributed by atoms with Gasteiger partial charge in [-0.05, 0) is 19.9 Å². The van der Waals surface area contributed by atoms with Crippen molar-refractivity contribution in [3.63, 3.8) is 0 Å². The number of hydrogen-bond acceptors (Lipinski definition) is 4. The van der Waals surface area contributed by atoms with Crippen molar-refractivity contribution in [3.8, 4) is 0 Å². The summed E-state index contributed by atoms with van der Waals surface area (Å²) in [5.41, 5.74) is 2.20. The van der Waals surface area contributed by atoms with Crippen LogP contribution in [0.2, 0.25) is 0 Å². The maximum Gasteiger partial charge on any atom is 0.225 e. The van der Waals surface area contributed by atoms with Crippen molar-refractivity contribution in [2.24, 2.45) is 5.41 Å². The number of nitrogens with zero attached hydrogens (tertiary/aromatic N) is 3. The van der Waals surface area contributed by atoms with Crippen molar-refractivity contribution in [1.29, 1.82) is 0 Å². The van der Waals surface area contributed by atoms with Crippen molar-refractivity contribution >= 4 is 5.95 Å². The molecule has 128 valence electrons. The predicted octanol–water partition coefficient (Wildman–Crippen LogP) is 4.40. The Morgan fingerprint density at radius 3 is 2.14 bits per heavy atom. The molecule has 4 heteroatoms. The van der Waals surface area contributed by atoms with Gasteiger partial charge >= 0.3 is 0 Å². The molecule has 1 aromatic rings.